The zero-order chi connectivity index (χ0) is 19.4. The first-order valence-corrected chi connectivity index (χ1v) is 11.1. The lowest BCUT2D eigenvalue weighted by atomic mass is 9.99. The summed E-state index contributed by atoms with van der Waals surface area (Å²) in [6.45, 7) is 3.76. The van der Waals surface area contributed by atoms with Gasteiger partial charge in [-0.3, -0.25) is 9.52 Å². The van der Waals surface area contributed by atoms with Gasteiger partial charge in [0.25, 0.3) is 10.0 Å². The van der Waals surface area contributed by atoms with Crippen LogP contribution in [0, 0.1) is 5.92 Å². The molecule has 0 unspecified atom stereocenters. The second-order valence-electron chi connectivity index (χ2n) is 6.67. The van der Waals surface area contributed by atoms with E-state index in [0.717, 1.165) is 25.9 Å². The number of nitrogens with zero attached hydrogens (tertiary/aromatic N) is 2. The summed E-state index contributed by atoms with van der Waals surface area (Å²) in [5.41, 5.74) is 0.580. The summed E-state index contributed by atoms with van der Waals surface area (Å²) < 4.78 is 32.4. The minimum absolute atomic E-state index is 0.0387. The number of rotatable bonds is 6. The Morgan fingerprint density at radius 2 is 1.96 bits per heavy atom. The van der Waals surface area contributed by atoms with E-state index in [0.29, 0.717) is 17.4 Å². The molecule has 1 fully saturated rings. The molecule has 0 radical (unpaired) electrons. The normalized spacial score (nSPS) is 15.6. The van der Waals surface area contributed by atoms with Gasteiger partial charge in [0, 0.05) is 18.5 Å². The number of hydrogen-bond donors (Lipinski definition) is 1. The standard InChI is InChI=1S/C18H23N3O4S2/c1-13-7-9-21(10-8-13)17(22)11-14-12-26-18(19-14)20-27(23,24)16-5-3-15(25-2)4-6-16/h3-6,12-13H,7-11H2,1-2H3,(H,19,20). The van der Waals surface area contributed by atoms with Crippen LogP contribution in [0.1, 0.15) is 25.5 Å². The molecule has 0 spiro atoms. The lowest BCUT2D eigenvalue weighted by molar-refractivity contribution is -0.131. The number of anilines is 1. The van der Waals surface area contributed by atoms with Gasteiger partial charge in [-0.25, -0.2) is 13.4 Å². The number of thiazole rings is 1. The first kappa shape index (κ1) is 19.6. The maximum Gasteiger partial charge on any atom is 0.263 e. The van der Waals surface area contributed by atoms with Gasteiger partial charge < -0.3 is 9.64 Å². The first-order chi connectivity index (χ1) is 12.9. The zero-order valence-electron chi connectivity index (χ0n) is 15.3. The summed E-state index contributed by atoms with van der Waals surface area (Å²) in [5.74, 6) is 1.28. The fourth-order valence-electron chi connectivity index (χ4n) is 2.89. The van der Waals surface area contributed by atoms with Gasteiger partial charge in [-0.1, -0.05) is 6.92 Å². The second-order valence-corrected chi connectivity index (χ2v) is 9.21. The summed E-state index contributed by atoms with van der Waals surface area (Å²) in [4.78, 5) is 18.6. The molecule has 1 aliphatic rings. The van der Waals surface area contributed by atoms with Crippen molar-refractivity contribution >= 4 is 32.4 Å². The van der Waals surface area contributed by atoms with Gasteiger partial charge >= 0.3 is 0 Å². The van der Waals surface area contributed by atoms with E-state index in [1.165, 1.54) is 30.6 Å². The number of sulfonamides is 1. The minimum atomic E-state index is -3.73. The Labute approximate surface area is 163 Å². The van der Waals surface area contributed by atoms with Crippen LogP contribution in [0.15, 0.2) is 34.5 Å². The van der Waals surface area contributed by atoms with Gasteiger partial charge in [-0.2, -0.15) is 0 Å². The lowest BCUT2D eigenvalue weighted by Gasteiger charge is -2.30. The van der Waals surface area contributed by atoms with Crippen molar-refractivity contribution in [3.05, 3.63) is 35.3 Å². The lowest BCUT2D eigenvalue weighted by Crippen LogP contribution is -2.38. The van der Waals surface area contributed by atoms with Gasteiger partial charge in [0.1, 0.15) is 5.75 Å². The molecule has 9 heteroatoms. The molecule has 1 aromatic carbocycles. The molecule has 7 nitrogen and oxygen atoms in total. The van der Waals surface area contributed by atoms with E-state index in [1.807, 2.05) is 4.90 Å². The molecule has 0 aliphatic carbocycles. The van der Waals surface area contributed by atoms with Crippen LogP contribution in [0.25, 0.3) is 0 Å². The second kappa shape index (κ2) is 8.26. The molecule has 3 rings (SSSR count). The molecule has 1 aromatic heterocycles. The molecule has 2 heterocycles. The summed E-state index contributed by atoms with van der Waals surface area (Å²) in [7, 11) is -2.21. The van der Waals surface area contributed by atoms with Crippen molar-refractivity contribution in [2.45, 2.75) is 31.1 Å². The first-order valence-electron chi connectivity index (χ1n) is 8.76. The molecular formula is C18H23N3O4S2. The van der Waals surface area contributed by atoms with Gasteiger partial charge in [0.05, 0.1) is 24.1 Å². The maximum atomic E-state index is 12.5. The van der Waals surface area contributed by atoms with Gasteiger partial charge in [-0.15, -0.1) is 11.3 Å². The van der Waals surface area contributed by atoms with Gasteiger partial charge in [-0.05, 0) is 43.0 Å². The SMILES string of the molecule is COc1ccc(S(=O)(=O)Nc2nc(CC(=O)N3CCC(C)CC3)cs2)cc1. The average Bonchev–Trinajstić information content (AvgIpc) is 3.08. The summed E-state index contributed by atoms with van der Waals surface area (Å²) in [6, 6.07) is 6.10. The maximum absolute atomic E-state index is 12.5. The van der Waals surface area contributed by atoms with Crippen molar-refractivity contribution in [1.82, 2.24) is 9.88 Å². The van der Waals surface area contributed by atoms with E-state index in [9.17, 15) is 13.2 Å². The quantitative estimate of drug-likeness (QED) is 0.792. The van der Waals surface area contributed by atoms with Gasteiger partial charge in [0.2, 0.25) is 5.91 Å². The molecule has 0 atom stereocenters. The number of aromatic nitrogens is 1. The average molecular weight is 410 g/mol. The summed E-state index contributed by atoms with van der Waals surface area (Å²) >= 11 is 1.17. The number of amides is 1. The molecule has 1 saturated heterocycles. The molecule has 0 saturated carbocycles. The molecule has 1 N–H and O–H groups in total. The Kier molecular flexibility index (Phi) is 6.01. The summed E-state index contributed by atoms with van der Waals surface area (Å²) in [6.07, 6.45) is 2.24. The topological polar surface area (TPSA) is 88.6 Å². The number of likely N-dealkylation sites (tertiary alicyclic amines) is 1. The highest BCUT2D eigenvalue weighted by atomic mass is 32.2. The number of methoxy groups -OCH3 is 1. The monoisotopic (exact) mass is 409 g/mol. The third kappa shape index (κ3) is 4.98. The fraction of sp³-hybridized carbons (Fsp3) is 0.444. The van der Waals surface area contributed by atoms with Gasteiger partial charge in [0.15, 0.2) is 5.13 Å². The number of carbonyl (C=O) groups excluding carboxylic acids is 1. The Morgan fingerprint density at radius 3 is 2.59 bits per heavy atom. The van der Waals surface area contributed by atoms with Crippen molar-refractivity contribution < 1.29 is 17.9 Å². The minimum Gasteiger partial charge on any atom is -0.497 e. The van der Waals surface area contributed by atoms with E-state index in [2.05, 4.69) is 16.6 Å². The van der Waals surface area contributed by atoms with E-state index < -0.39 is 10.0 Å². The predicted molar refractivity (Wildman–Crippen MR) is 105 cm³/mol. The summed E-state index contributed by atoms with van der Waals surface area (Å²) in [5, 5.41) is 1.97. The Morgan fingerprint density at radius 1 is 1.30 bits per heavy atom. The molecule has 27 heavy (non-hydrogen) atoms. The van der Waals surface area contributed by atoms with Crippen LogP contribution < -0.4 is 9.46 Å². The van der Waals surface area contributed by atoms with Crippen molar-refractivity contribution in [1.29, 1.82) is 0 Å². The van der Waals surface area contributed by atoms with Crippen LogP contribution in [0.5, 0.6) is 5.75 Å². The molecule has 1 aliphatic heterocycles. The molecular weight excluding hydrogens is 386 g/mol. The zero-order valence-corrected chi connectivity index (χ0v) is 17.0. The number of carbonyl (C=O) groups is 1. The van der Waals surface area contributed by atoms with E-state index in [-0.39, 0.29) is 22.4 Å². The number of piperidine rings is 1. The highest BCUT2D eigenvalue weighted by molar-refractivity contribution is 7.93. The van der Waals surface area contributed by atoms with Crippen molar-refractivity contribution in [3.8, 4) is 5.75 Å². The van der Waals surface area contributed by atoms with Crippen molar-refractivity contribution in [2.75, 3.05) is 24.9 Å². The molecule has 0 bridgehead atoms. The van der Waals surface area contributed by atoms with Crippen LogP contribution >= 0.6 is 11.3 Å². The van der Waals surface area contributed by atoms with Crippen LogP contribution in [-0.4, -0.2) is 44.4 Å². The number of nitrogens with one attached hydrogen (secondary N) is 1. The highest BCUT2D eigenvalue weighted by Crippen LogP contribution is 2.23. The third-order valence-corrected chi connectivity index (χ3v) is 6.90. The van der Waals surface area contributed by atoms with Crippen LogP contribution in [-0.2, 0) is 21.2 Å². The van der Waals surface area contributed by atoms with E-state index in [4.69, 9.17) is 4.74 Å². The Balaban J connectivity index is 1.62. The van der Waals surface area contributed by atoms with Crippen LogP contribution in [0.2, 0.25) is 0 Å². The Hall–Kier alpha value is -2.13. The number of hydrogen-bond acceptors (Lipinski definition) is 6. The number of ether oxygens (including phenoxy) is 1. The molecule has 146 valence electrons. The molecule has 2 aromatic rings. The number of benzene rings is 1. The smallest absolute Gasteiger partial charge is 0.263 e. The van der Waals surface area contributed by atoms with E-state index in [1.54, 1.807) is 17.5 Å². The predicted octanol–water partition coefficient (Wildman–Crippen LogP) is 2.75. The van der Waals surface area contributed by atoms with Crippen LogP contribution in [0.4, 0.5) is 5.13 Å². The van der Waals surface area contributed by atoms with Crippen molar-refractivity contribution in [3.63, 3.8) is 0 Å². The van der Waals surface area contributed by atoms with Crippen molar-refractivity contribution in [2.24, 2.45) is 5.92 Å². The fourth-order valence-corrected chi connectivity index (χ4v) is 4.85. The van der Waals surface area contributed by atoms with Crippen LogP contribution in [0.3, 0.4) is 0 Å². The Bertz CT molecular complexity index is 886. The highest BCUT2D eigenvalue weighted by Gasteiger charge is 2.22. The van der Waals surface area contributed by atoms with E-state index >= 15 is 0 Å². The largest absolute Gasteiger partial charge is 0.497 e. The molecule has 1 amide bonds. The third-order valence-electron chi connectivity index (χ3n) is 4.61.